The topological polar surface area (TPSA) is 82.1 Å². The van der Waals surface area contributed by atoms with Crippen molar-refractivity contribution in [3.63, 3.8) is 0 Å². The van der Waals surface area contributed by atoms with Gasteiger partial charge in [0.25, 0.3) is 0 Å². The van der Waals surface area contributed by atoms with Crippen LogP contribution in [0.2, 0.25) is 0 Å². The number of rotatable bonds is 4. The monoisotopic (exact) mass is 230 g/mol. The van der Waals surface area contributed by atoms with Gasteiger partial charge in [0.15, 0.2) is 0 Å². The summed E-state index contributed by atoms with van der Waals surface area (Å²) >= 11 is 0. The van der Waals surface area contributed by atoms with Gasteiger partial charge in [-0.15, -0.1) is 0 Å². The van der Waals surface area contributed by atoms with Crippen molar-refractivity contribution in [1.29, 1.82) is 0 Å². The maximum absolute atomic E-state index is 11.3. The number of carboxylic acid groups (broad SMARTS) is 1. The highest BCUT2D eigenvalue weighted by Crippen LogP contribution is 2.29. The van der Waals surface area contributed by atoms with E-state index < -0.39 is 11.9 Å². The van der Waals surface area contributed by atoms with Crippen molar-refractivity contribution in [3.8, 4) is 0 Å². The fourth-order valence-corrected chi connectivity index (χ4v) is 1.97. The molecule has 90 valence electrons. The number of hydrogen-bond donors (Lipinski definition) is 1. The smallest absolute Gasteiger partial charge is 0.306 e. The number of carbonyl (C=O) groups excluding carboxylic acids is 1. The molecule has 0 bridgehead atoms. The van der Waals surface area contributed by atoms with E-state index in [1.165, 1.54) is 0 Å². The van der Waals surface area contributed by atoms with E-state index in [0.29, 0.717) is 19.8 Å². The first-order chi connectivity index (χ1) is 7.66. The molecule has 0 spiro atoms. The summed E-state index contributed by atoms with van der Waals surface area (Å²) in [6, 6.07) is 0. The number of fused-ring (bicyclic) bond motifs is 1. The lowest BCUT2D eigenvalue weighted by atomic mass is 10.0. The van der Waals surface area contributed by atoms with Crippen LogP contribution in [0.15, 0.2) is 0 Å². The molecule has 0 amide bonds. The number of ether oxygens (including phenoxy) is 3. The second-order valence-electron chi connectivity index (χ2n) is 4.00. The van der Waals surface area contributed by atoms with E-state index in [4.69, 9.17) is 19.3 Å². The van der Waals surface area contributed by atoms with Gasteiger partial charge < -0.3 is 19.3 Å². The van der Waals surface area contributed by atoms with Gasteiger partial charge >= 0.3 is 11.9 Å². The summed E-state index contributed by atoms with van der Waals surface area (Å²) in [7, 11) is 0. The molecule has 0 aromatic heterocycles. The predicted octanol–water partition coefficient (Wildman–Crippen LogP) is -0.192. The number of aliphatic carboxylic acids is 1. The molecule has 0 aromatic rings. The fourth-order valence-electron chi connectivity index (χ4n) is 1.97. The lowest BCUT2D eigenvalue weighted by molar-refractivity contribution is -0.153. The first-order valence-electron chi connectivity index (χ1n) is 5.27. The summed E-state index contributed by atoms with van der Waals surface area (Å²) in [6.07, 6.45) is -0.549. The Hall–Kier alpha value is -1.14. The average molecular weight is 230 g/mol. The minimum atomic E-state index is -0.998. The van der Waals surface area contributed by atoms with Crippen LogP contribution in [0.3, 0.4) is 0 Å². The van der Waals surface area contributed by atoms with Crippen LogP contribution in [-0.4, -0.2) is 49.1 Å². The van der Waals surface area contributed by atoms with Crippen molar-refractivity contribution in [2.45, 2.75) is 25.0 Å². The molecule has 6 heteroatoms. The zero-order chi connectivity index (χ0) is 11.5. The maximum Gasteiger partial charge on any atom is 0.306 e. The molecular formula is C10H14O6. The highest BCUT2D eigenvalue weighted by atomic mass is 16.6. The fraction of sp³-hybridized carbons (Fsp3) is 0.800. The second kappa shape index (κ2) is 4.80. The summed E-state index contributed by atoms with van der Waals surface area (Å²) in [5.41, 5.74) is 0. The molecule has 0 unspecified atom stereocenters. The van der Waals surface area contributed by atoms with E-state index >= 15 is 0 Å². The average Bonchev–Trinajstić information content (AvgIpc) is 2.80. The van der Waals surface area contributed by atoms with Crippen LogP contribution in [0.4, 0.5) is 0 Å². The van der Waals surface area contributed by atoms with E-state index in [1.54, 1.807) is 0 Å². The third-order valence-electron chi connectivity index (χ3n) is 2.85. The van der Waals surface area contributed by atoms with Crippen LogP contribution >= 0.6 is 0 Å². The minimum Gasteiger partial charge on any atom is -0.481 e. The molecule has 0 aromatic carbocycles. The Labute approximate surface area is 92.5 Å². The molecule has 6 nitrogen and oxygen atoms in total. The van der Waals surface area contributed by atoms with Gasteiger partial charge in [-0.3, -0.25) is 9.59 Å². The van der Waals surface area contributed by atoms with Crippen molar-refractivity contribution < 1.29 is 28.9 Å². The van der Waals surface area contributed by atoms with Crippen molar-refractivity contribution in [1.82, 2.24) is 0 Å². The van der Waals surface area contributed by atoms with Gasteiger partial charge in [-0.05, 0) is 0 Å². The van der Waals surface area contributed by atoms with E-state index in [9.17, 15) is 9.59 Å². The molecular weight excluding hydrogens is 216 g/mol. The lowest BCUT2D eigenvalue weighted by Gasteiger charge is -2.15. The first-order valence-corrected chi connectivity index (χ1v) is 5.27. The molecule has 0 radical (unpaired) electrons. The highest BCUT2D eigenvalue weighted by molar-refractivity contribution is 5.76. The van der Waals surface area contributed by atoms with Gasteiger partial charge in [-0.25, -0.2) is 0 Å². The highest BCUT2D eigenvalue weighted by Gasteiger charge is 2.43. The van der Waals surface area contributed by atoms with E-state index in [2.05, 4.69) is 0 Å². The maximum atomic E-state index is 11.3. The van der Waals surface area contributed by atoms with Crippen LogP contribution in [0.25, 0.3) is 0 Å². The van der Waals surface area contributed by atoms with Crippen LogP contribution in [0, 0.1) is 5.92 Å². The third-order valence-corrected chi connectivity index (χ3v) is 2.85. The summed E-state index contributed by atoms with van der Waals surface area (Å²) in [6.45, 7) is 1.48. The zero-order valence-electron chi connectivity index (χ0n) is 8.76. The molecule has 2 aliphatic rings. The van der Waals surface area contributed by atoms with E-state index in [0.717, 1.165) is 0 Å². The normalized spacial score (nSPS) is 32.4. The number of esters is 1. The molecule has 0 saturated carbocycles. The number of hydrogen-bond acceptors (Lipinski definition) is 5. The molecule has 2 saturated heterocycles. The molecule has 3 atom stereocenters. The summed E-state index contributed by atoms with van der Waals surface area (Å²) < 4.78 is 15.8. The van der Waals surface area contributed by atoms with E-state index in [-0.39, 0.29) is 31.0 Å². The summed E-state index contributed by atoms with van der Waals surface area (Å²) in [5, 5.41) is 8.42. The Morgan fingerprint density at radius 2 is 2.06 bits per heavy atom. The molecule has 2 aliphatic heterocycles. The van der Waals surface area contributed by atoms with E-state index in [1.807, 2.05) is 0 Å². The SMILES string of the molecule is O=C(O)CCC(=O)O[C@@H]1CO[C@@H]2COC[C@@H]21. The van der Waals surface area contributed by atoms with Crippen LogP contribution < -0.4 is 0 Å². The van der Waals surface area contributed by atoms with Gasteiger partial charge in [0.1, 0.15) is 6.10 Å². The van der Waals surface area contributed by atoms with Crippen molar-refractivity contribution in [2.24, 2.45) is 5.92 Å². The van der Waals surface area contributed by atoms with Gasteiger partial charge in [0, 0.05) is 0 Å². The van der Waals surface area contributed by atoms with Crippen molar-refractivity contribution in [3.05, 3.63) is 0 Å². The zero-order valence-corrected chi connectivity index (χ0v) is 8.76. The van der Waals surface area contributed by atoms with Gasteiger partial charge in [-0.1, -0.05) is 0 Å². The van der Waals surface area contributed by atoms with Crippen LogP contribution in [0.5, 0.6) is 0 Å². The Morgan fingerprint density at radius 1 is 1.25 bits per heavy atom. The number of carbonyl (C=O) groups is 2. The molecule has 2 fully saturated rings. The Morgan fingerprint density at radius 3 is 2.81 bits per heavy atom. The minimum absolute atomic E-state index is 0.0253. The third kappa shape index (κ3) is 2.51. The van der Waals surface area contributed by atoms with Crippen LogP contribution in [-0.2, 0) is 23.8 Å². The van der Waals surface area contributed by atoms with Crippen molar-refractivity contribution >= 4 is 11.9 Å². The molecule has 2 rings (SSSR count). The second-order valence-corrected chi connectivity index (χ2v) is 4.00. The van der Waals surface area contributed by atoms with Gasteiger partial charge in [-0.2, -0.15) is 0 Å². The number of carboxylic acids is 1. The van der Waals surface area contributed by atoms with Gasteiger partial charge in [0.05, 0.1) is 44.7 Å². The molecule has 0 aliphatic carbocycles. The van der Waals surface area contributed by atoms with Crippen molar-refractivity contribution in [2.75, 3.05) is 19.8 Å². The Kier molecular flexibility index (Phi) is 3.40. The first kappa shape index (κ1) is 11.3. The summed E-state index contributed by atoms with van der Waals surface area (Å²) in [5.74, 6) is -1.38. The molecule has 16 heavy (non-hydrogen) atoms. The quantitative estimate of drug-likeness (QED) is 0.674. The predicted molar refractivity (Wildman–Crippen MR) is 50.8 cm³/mol. The molecule has 2 heterocycles. The largest absolute Gasteiger partial charge is 0.481 e. The molecule has 1 N–H and O–H groups in total. The Bertz CT molecular complexity index is 289. The standard InChI is InChI=1S/C10H14O6/c11-9(12)1-2-10(13)16-8-5-15-7-4-14-3-6(7)8/h6-8H,1-5H2,(H,11,12)/t6-,7+,8+/m0/s1. The van der Waals surface area contributed by atoms with Crippen LogP contribution in [0.1, 0.15) is 12.8 Å². The summed E-state index contributed by atoms with van der Waals surface area (Å²) in [4.78, 5) is 21.6. The lowest BCUT2D eigenvalue weighted by Crippen LogP contribution is -2.28. The van der Waals surface area contributed by atoms with Gasteiger partial charge in [0.2, 0.25) is 0 Å². The Balaban J connectivity index is 1.77.